The van der Waals surface area contributed by atoms with E-state index in [4.69, 9.17) is 23.1 Å². The Morgan fingerprint density at radius 1 is 1.13 bits per heavy atom. The lowest BCUT2D eigenvalue weighted by atomic mass is 10.2. The molecule has 0 spiro atoms. The van der Waals surface area contributed by atoms with Gasteiger partial charge in [0.15, 0.2) is 0 Å². The van der Waals surface area contributed by atoms with E-state index in [-0.39, 0.29) is 24.3 Å². The minimum absolute atomic E-state index is 0. The summed E-state index contributed by atoms with van der Waals surface area (Å²) in [4.78, 5) is 8.21. The molecule has 0 bridgehead atoms. The zero-order valence-electron chi connectivity index (χ0n) is 12.7. The molecule has 23 heavy (non-hydrogen) atoms. The van der Waals surface area contributed by atoms with Crippen LogP contribution >= 0.6 is 24.0 Å². The van der Waals surface area contributed by atoms with Crippen molar-refractivity contribution in [3.63, 3.8) is 0 Å². The number of hydrogen-bond donors (Lipinski definition) is 3. The van der Waals surface area contributed by atoms with Crippen LogP contribution in [0.3, 0.4) is 0 Å². The molecule has 0 aliphatic carbocycles. The fourth-order valence-corrected chi connectivity index (χ4v) is 2.07. The molecule has 0 fully saturated rings. The predicted molar refractivity (Wildman–Crippen MR) is 100 cm³/mol. The van der Waals surface area contributed by atoms with E-state index in [1.54, 1.807) is 6.07 Å². The number of anilines is 1. The lowest BCUT2D eigenvalue weighted by Gasteiger charge is -2.08. The summed E-state index contributed by atoms with van der Waals surface area (Å²) in [6.07, 6.45) is 0. The quantitative estimate of drug-likeness (QED) is 0.585. The zero-order chi connectivity index (χ0) is 15.9. The van der Waals surface area contributed by atoms with Crippen molar-refractivity contribution in [3.05, 3.63) is 64.7 Å². The lowest BCUT2D eigenvalue weighted by molar-refractivity contribution is 1.05. The van der Waals surface area contributed by atoms with Gasteiger partial charge < -0.3 is 16.8 Å². The third-order valence-corrected chi connectivity index (χ3v) is 3.19. The van der Waals surface area contributed by atoms with Gasteiger partial charge in [0.2, 0.25) is 11.9 Å². The number of nitrogens with zero attached hydrogens (tertiary/aromatic N) is 2. The Balaban J connectivity index is 0.00000264. The molecule has 7 heteroatoms. The minimum atomic E-state index is 0. The van der Waals surface area contributed by atoms with Gasteiger partial charge in [-0.1, -0.05) is 41.9 Å². The maximum Gasteiger partial charge on any atom is 0.218 e. The van der Waals surface area contributed by atoms with Crippen molar-refractivity contribution < 1.29 is 0 Å². The highest BCUT2D eigenvalue weighted by Crippen LogP contribution is 2.19. The molecule has 0 aliphatic rings. The molecule has 2 aromatic rings. The largest absolute Gasteiger partial charge is 0.369 e. The summed E-state index contributed by atoms with van der Waals surface area (Å²) < 4.78 is 0. The average molecular weight is 352 g/mol. The third-order valence-electron chi connectivity index (χ3n) is 2.95. The Bertz CT molecular complexity index is 699. The summed E-state index contributed by atoms with van der Waals surface area (Å²) in [6.45, 7) is 2.39. The monoisotopic (exact) mass is 351 g/mol. The van der Waals surface area contributed by atoms with Crippen LogP contribution in [0.2, 0.25) is 5.02 Å². The molecule has 0 heterocycles. The van der Waals surface area contributed by atoms with Crippen LogP contribution < -0.4 is 16.8 Å². The zero-order valence-corrected chi connectivity index (χ0v) is 14.2. The van der Waals surface area contributed by atoms with Crippen LogP contribution in [0.5, 0.6) is 0 Å². The van der Waals surface area contributed by atoms with Crippen molar-refractivity contribution in [1.29, 1.82) is 0 Å². The van der Waals surface area contributed by atoms with Gasteiger partial charge in [-0.2, -0.15) is 4.99 Å². The normalized spacial score (nSPS) is 11.7. The highest BCUT2D eigenvalue weighted by Gasteiger charge is 2.01. The Morgan fingerprint density at radius 3 is 2.48 bits per heavy atom. The Morgan fingerprint density at radius 2 is 1.83 bits per heavy atom. The van der Waals surface area contributed by atoms with Crippen LogP contribution in [-0.2, 0) is 6.54 Å². The highest BCUT2D eigenvalue weighted by molar-refractivity contribution is 6.30. The molecule has 5 nitrogen and oxygen atoms in total. The van der Waals surface area contributed by atoms with E-state index in [1.165, 1.54) is 0 Å². The van der Waals surface area contributed by atoms with E-state index < -0.39 is 0 Å². The first-order valence-corrected chi connectivity index (χ1v) is 7.13. The Labute approximate surface area is 146 Å². The number of rotatable bonds is 3. The number of nitrogens with two attached hydrogens (primary N) is 2. The average Bonchev–Trinajstić information content (AvgIpc) is 2.49. The molecule has 0 saturated carbocycles. The second kappa shape index (κ2) is 9.02. The molecular formula is C16H19Cl2N5. The Kier molecular flexibility index (Phi) is 7.38. The third kappa shape index (κ3) is 6.18. The van der Waals surface area contributed by atoms with Crippen LogP contribution in [-0.4, -0.2) is 11.9 Å². The van der Waals surface area contributed by atoms with E-state index in [9.17, 15) is 0 Å². The fraction of sp³-hybridized carbons (Fsp3) is 0.125. The highest BCUT2D eigenvalue weighted by atomic mass is 35.5. The summed E-state index contributed by atoms with van der Waals surface area (Å²) in [5, 5.41) is 3.64. The van der Waals surface area contributed by atoms with Crippen molar-refractivity contribution in [2.45, 2.75) is 13.5 Å². The number of benzene rings is 2. The smallest absolute Gasteiger partial charge is 0.218 e. The van der Waals surface area contributed by atoms with Crippen LogP contribution in [0, 0.1) is 6.92 Å². The van der Waals surface area contributed by atoms with Gasteiger partial charge in [0.05, 0.1) is 6.54 Å². The second-order valence-electron chi connectivity index (χ2n) is 4.74. The van der Waals surface area contributed by atoms with Gasteiger partial charge in [0.1, 0.15) is 0 Å². The van der Waals surface area contributed by atoms with E-state index in [2.05, 4.69) is 15.3 Å². The molecule has 2 aromatic carbocycles. The molecule has 0 aromatic heterocycles. The van der Waals surface area contributed by atoms with Crippen molar-refractivity contribution in [2.75, 3.05) is 5.32 Å². The predicted octanol–water partition coefficient (Wildman–Crippen LogP) is 3.31. The van der Waals surface area contributed by atoms with E-state index in [0.717, 1.165) is 16.8 Å². The lowest BCUT2D eigenvalue weighted by Crippen LogP contribution is -2.26. The summed E-state index contributed by atoms with van der Waals surface area (Å²) in [5.74, 6) is 0.306. The first kappa shape index (κ1) is 18.8. The summed E-state index contributed by atoms with van der Waals surface area (Å²) in [7, 11) is 0. The molecule has 0 saturated heterocycles. The molecule has 0 atom stereocenters. The fourth-order valence-electron chi connectivity index (χ4n) is 1.85. The van der Waals surface area contributed by atoms with Crippen LogP contribution in [0.25, 0.3) is 0 Å². The number of hydrogen-bond acceptors (Lipinski definition) is 1. The molecular weight excluding hydrogens is 333 g/mol. The molecule has 2 rings (SSSR count). The first-order chi connectivity index (χ1) is 10.5. The second-order valence-corrected chi connectivity index (χ2v) is 5.18. The first-order valence-electron chi connectivity index (χ1n) is 6.76. The van der Waals surface area contributed by atoms with E-state index in [1.807, 2.05) is 49.4 Å². The van der Waals surface area contributed by atoms with Gasteiger partial charge >= 0.3 is 0 Å². The van der Waals surface area contributed by atoms with Gasteiger partial charge in [-0.25, -0.2) is 4.99 Å². The molecule has 122 valence electrons. The van der Waals surface area contributed by atoms with Crippen molar-refractivity contribution in [2.24, 2.45) is 21.5 Å². The SMILES string of the molecule is Cc1cc(Cl)ccc1N/C(N)=N/C(N)=N/Cc1ccccc1.Cl. The number of nitrogens with one attached hydrogen (secondary N) is 1. The van der Waals surface area contributed by atoms with Crippen molar-refractivity contribution in [3.8, 4) is 0 Å². The molecule has 0 aliphatic heterocycles. The maximum absolute atomic E-state index is 5.91. The van der Waals surface area contributed by atoms with Gasteiger partial charge in [-0.15, -0.1) is 12.4 Å². The minimum Gasteiger partial charge on any atom is -0.369 e. The number of aliphatic imine (C=N–C) groups is 2. The number of guanidine groups is 2. The molecule has 5 N–H and O–H groups in total. The summed E-state index contributed by atoms with van der Waals surface area (Å²) in [6, 6.07) is 15.2. The topological polar surface area (TPSA) is 88.8 Å². The summed E-state index contributed by atoms with van der Waals surface area (Å²) >= 11 is 5.91. The molecule has 0 radical (unpaired) electrons. The van der Waals surface area contributed by atoms with Gasteiger partial charge in [-0.3, -0.25) is 0 Å². The molecule has 0 amide bonds. The van der Waals surface area contributed by atoms with E-state index in [0.29, 0.717) is 11.6 Å². The van der Waals surface area contributed by atoms with Gasteiger partial charge in [0, 0.05) is 10.7 Å². The van der Waals surface area contributed by atoms with Crippen LogP contribution in [0.15, 0.2) is 58.5 Å². The number of aryl methyl sites for hydroxylation is 1. The Hall–Kier alpha value is -2.24. The van der Waals surface area contributed by atoms with E-state index >= 15 is 0 Å². The van der Waals surface area contributed by atoms with Gasteiger partial charge in [-0.05, 0) is 36.2 Å². The van der Waals surface area contributed by atoms with Crippen molar-refractivity contribution >= 4 is 41.6 Å². The number of halogens is 2. The van der Waals surface area contributed by atoms with Crippen LogP contribution in [0.1, 0.15) is 11.1 Å². The van der Waals surface area contributed by atoms with Gasteiger partial charge in [0.25, 0.3) is 0 Å². The maximum atomic E-state index is 5.91. The summed E-state index contributed by atoms with van der Waals surface area (Å²) in [5.41, 5.74) is 14.4. The van der Waals surface area contributed by atoms with Crippen molar-refractivity contribution in [1.82, 2.24) is 0 Å². The molecule has 0 unspecified atom stereocenters. The van der Waals surface area contributed by atoms with Crippen LogP contribution in [0.4, 0.5) is 5.69 Å². The standard InChI is InChI=1S/C16H18ClN5.ClH/c1-11-9-13(17)7-8-14(11)21-16(19)22-15(18)20-10-12-5-3-2-4-6-12;/h2-9H,10H2,1H3,(H5,18,19,20,21,22);1H.